The lowest BCUT2D eigenvalue weighted by atomic mass is 10.0. The van der Waals surface area contributed by atoms with Gasteiger partial charge in [0, 0.05) is 6.42 Å². The molecule has 0 aliphatic carbocycles. The van der Waals surface area contributed by atoms with Crippen LogP contribution in [0.4, 0.5) is 0 Å². The molecule has 0 unspecified atom stereocenters. The van der Waals surface area contributed by atoms with E-state index < -0.39 is 8.32 Å². The molecule has 0 heterocycles. The molecule has 23 heavy (non-hydrogen) atoms. The van der Waals surface area contributed by atoms with Crippen LogP contribution >= 0.6 is 0 Å². The van der Waals surface area contributed by atoms with Gasteiger partial charge >= 0.3 is 0 Å². The smallest absolute Gasteiger partial charge is 0.250 e. The molecular weight excluding hydrogens is 296 g/mol. The maximum Gasteiger partial charge on any atom is 0.250 e. The highest BCUT2D eigenvalue weighted by Crippen LogP contribution is 2.39. The van der Waals surface area contributed by atoms with Crippen LogP contribution in [0.3, 0.4) is 0 Å². The Morgan fingerprint density at radius 2 is 1.65 bits per heavy atom. The van der Waals surface area contributed by atoms with Gasteiger partial charge in [-0.15, -0.1) is 0 Å². The van der Waals surface area contributed by atoms with E-state index >= 15 is 0 Å². The third-order valence-corrected chi connectivity index (χ3v) is 9.42. The van der Waals surface area contributed by atoms with Gasteiger partial charge in [-0.05, 0) is 55.5 Å². The van der Waals surface area contributed by atoms with E-state index in [0.717, 1.165) is 19.3 Å². The summed E-state index contributed by atoms with van der Waals surface area (Å²) in [5.74, 6) is 1.26. The minimum atomic E-state index is -1.77. The maximum atomic E-state index is 6.70. The first-order valence-corrected chi connectivity index (χ1v) is 12.0. The average Bonchev–Trinajstić information content (AvgIpc) is 2.48. The molecule has 1 rings (SSSR count). The highest BCUT2D eigenvalue weighted by atomic mass is 28.4. The Bertz CT molecular complexity index is 494. The summed E-state index contributed by atoms with van der Waals surface area (Å²) in [6.45, 7) is 16.2. The molecule has 130 valence electrons. The lowest BCUT2D eigenvalue weighted by Crippen LogP contribution is -2.40. The fourth-order valence-electron chi connectivity index (χ4n) is 2.30. The van der Waals surface area contributed by atoms with Crippen molar-refractivity contribution >= 4 is 8.32 Å². The van der Waals surface area contributed by atoms with Crippen LogP contribution in [-0.2, 0) is 10.8 Å². The number of allylic oxidation sites excluding steroid dienone is 2. The van der Waals surface area contributed by atoms with Gasteiger partial charge in [0.1, 0.15) is 0 Å². The zero-order valence-corrected chi connectivity index (χ0v) is 17.3. The molecule has 0 radical (unpaired) electrons. The summed E-state index contributed by atoms with van der Waals surface area (Å²) in [4.78, 5) is 0. The summed E-state index contributed by atoms with van der Waals surface area (Å²) in [6, 6.07) is 10.8. The van der Waals surface area contributed by atoms with E-state index in [2.05, 4.69) is 78.0 Å². The first-order valence-electron chi connectivity index (χ1n) is 9.09. The third-order valence-electron chi connectivity index (χ3n) is 5.05. The second-order valence-electron chi connectivity index (χ2n) is 8.16. The van der Waals surface area contributed by atoms with Gasteiger partial charge in [-0.25, -0.2) is 0 Å². The minimum Gasteiger partial charge on any atom is -0.547 e. The van der Waals surface area contributed by atoms with Crippen LogP contribution in [-0.4, -0.2) is 8.32 Å². The highest BCUT2D eigenvalue weighted by molar-refractivity contribution is 6.74. The Morgan fingerprint density at radius 1 is 1.04 bits per heavy atom. The molecule has 0 aliphatic rings. The predicted molar refractivity (Wildman–Crippen MR) is 105 cm³/mol. The third kappa shape index (κ3) is 6.54. The van der Waals surface area contributed by atoms with Crippen LogP contribution in [0.2, 0.25) is 18.1 Å². The molecule has 0 N–H and O–H groups in total. The standard InChI is InChI=1S/C21H36OSi/c1-8-9-13-18(2)20(22-23(6,7)21(3,4)5)17-16-19-14-11-10-12-15-19/h10-12,14-15H,8-9,13,16-17H2,1-7H3/b20-18-. The van der Waals surface area contributed by atoms with Crippen LogP contribution in [0.1, 0.15) is 65.9 Å². The zero-order chi connectivity index (χ0) is 17.5. The normalized spacial score (nSPS) is 13.7. The second-order valence-corrected chi connectivity index (χ2v) is 12.9. The Balaban J connectivity index is 2.89. The summed E-state index contributed by atoms with van der Waals surface area (Å²) in [5, 5.41) is 0.246. The zero-order valence-electron chi connectivity index (χ0n) is 16.3. The number of benzene rings is 1. The van der Waals surface area contributed by atoms with Crippen molar-refractivity contribution in [1.82, 2.24) is 0 Å². The molecule has 0 fully saturated rings. The van der Waals surface area contributed by atoms with Gasteiger partial charge in [-0.1, -0.05) is 64.4 Å². The average molecular weight is 333 g/mol. The number of rotatable bonds is 8. The monoisotopic (exact) mass is 332 g/mol. The molecule has 0 amide bonds. The van der Waals surface area contributed by atoms with E-state index in [1.54, 1.807) is 0 Å². The summed E-state index contributed by atoms with van der Waals surface area (Å²) in [5.41, 5.74) is 2.85. The van der Waals surface area contributed by atoms with Crippen molar-refractivity contribution in [2.24, 2.45) is 0 Å². The SMILES string of the molecule is CCCC/C(C)=C(/CCc1ccccc1)O[Si](C)(C)C(C)(C)C. The van der Waals surface area contributed by atoms with Crippen molar-refractivity contribution in [1.29, 1.82) is 0 Å². The fraction of sp³-hybridized carbons (Fsp3) is 0.619. The molecule has 0 saturated carbocycles. The molecule has 0 aromatic heterocycles. The maximum absolute atomic E-state index is 6.70. The van der Waals surface area contributed by atoms with Gasteiger partial charge in [0.15, 0.2) is 0 Å². The van der Waals surface area contributed by atoms with Crippen LogP contribution in [0, 0.1) is 0 Å². The molecule has 1 nitrogen and oxygen atoms in total. The lowest BCUT2D eigenvalue weighted by Gasteiger charge is -2.38. The molecule has 1 aromatic rings. The Hall–Kier alpha value is -1.02. The topological polar surface area (TPSA) is 9.23 Å². The summed E-state index contributed by atoms with van der Waals surface area (Å²) < 4.78 is 6.70. The van der Waals surface area contributed by atoms with E-state index in [9.17, 15) is 0 Å². The number of unbranched alkanes of at least 4 members (excludes halogenated alkanes) is 1. The van der Waals surface area contributed by atoms with Crippen molar-refractivity contribution in [2.75, 3.05) is 0 Å². The molecule has 0 bridgehead atoms. The molecule has 0 atom stereocenters. The van der Waals surface area contributed by atoms with Crippen molar-refractivity contribution in [2.45, 2.75) is 84.9 Å². The van der Waals surface area contributed by atoms with E-state index in [-0.39, 0.29) is 5.04 Å². The lowest BCUT2D eigenvalue weighted by molar-refractivity contribution is 0.358. The largest absolute Gasteiger partial charge is 0.547 e. The summed E-state index contributed by atoms with van der Waals surface area (Å²) in [7, 11) is -1.77. The fourth-order valence-corrected chi connectivity index (χ4v) is 3.50. The second kappa shape index (κ2) is 8.72. The summed E-state index contributed by atoms with van der Waals surface area (Å²) in [6.07, 6.45) is 5.74. The quantitative estimate of drug-likeness (QED) is 0.364. The van der Waals surface area contributed by atoms with E-state index in [1.807, 2.05) is 0 Å². The predicted octanol–water partition coefficient (Wildman–Crippen LogP) is 7.11. The summed E-state index contributed by atoms with van der Waals surface area (Å²) >= 11 is 0. The first kappa shape index (κ1) is 20.0. The number of hydrogen-bond donors (Lipinski definition) is 0. The van der Waals surface area contributed by atoms with E-state index in [1.165, 1.54) is 29.7 Å². The molecule has 0 saturated heterocycles. The van der Waals surface area contributed by atoms with Gasteiger partial charge in [0.25, 0.3) is 0 Å². The molecule has 2 heteroatoms. The van der Waals surface area contributed by atoms with Crippen molar-refractivity contribution in [3.8, 4) is 0 Å². The van der Waals surface area contributed by atoms with Crippen LogP contribution in [0.5, 0.6) is 0 Å². The number of aryl methyl sites for hydroxylation is 1. The molecule has 0 aliphatic heterocycles. The Kier molecular flexibility index (Phi) is 7.59. The van der Waals surface area contributed by atoms with Gasteiger partial charge in [-0.2, -0.15) is 0 Å². The van der Waals surface area contributed by atoms with Crippen molar-refractivity contribution < 1.29 is 4.43 Å². The van der Waals surface area contributed by atoms with Crippen LogP contribution in [0.15, 0.2) is 41.7 Å². The van der Waals surface area contributed by atoms with E-state index in [4.69, 9.17) is 4.43 Å². The molecular formula is C21H36OSi. The van der Waals surface area contributed by atoms with Crippen LogP contribution in [0.25, 0.3) is 0 Å². The van der Waals surface area contributed by atoms with Gasteiger partial charge < -0.3 is 4.43 Å². The number of hydrogen-bond acceptors (Lipinski definition) is 1. The molecule has 1 aromatic carbocycles. The Morgan fingerprint density at radius 3 is 2.17 bits per heavy atom. The van der Waals surface area contributed by atoms with Gasteiger partial charge in [0.05, 0.1) is 5.76 Å². The van der Waals surface area contributed by atoms with E-state index in [0.29, 0.717) is 0 Å². The van der Waals surface area contributed by atoms with Crippen LogP contribution < -0.4 is 0 Å². The minimum absolute atomic E-state index is 0.246. The van der Waals surface area contributed by atoms with Gasteiger partial charge in [-0.3, -0.25) is 0 Å². The van der Waals surface area contributed by atoms with Crippen molar-refractivity contribution in [3.05, 3.63) is 47.2 Å². The van der Waals surface area contributed by atoms with Gasteiger partial charge in [0.2, 0.25) is 8.32 Å². The molecule has 0 spiro atoms. The Labute approximate surface area is 145 Å². The van der Waals surface area contributed by atoms with Crippen molar-refractivity contribution in [3.63, 3.8) is 0 Å². The first-order chi connectivity index (χ1) is 10.7. The highest BCUT2D eigenvalue weighted by Gasteiger charge is 2.39.